The van der Waals surface area contributed by atoms with Crippen LogP contribution in [0.25, 0.3) is 0 Å². The summed E-state index contributed by atoms with van der Waals surface area (Å²) in [6.45, 7) is 5.29. The van der Waals surface area contributed by atoms with Crippen molar-refractivity contribution in [2.45, 2.75) is 26.4 Å². The van der Waals surface area contributed by atoms with E-state index in [0.717, 1.165) is 5.06 Å². The Morgan fingerprint density at radius 1 is 1.40 bits per heavy atom. The third-order valence-corrected chi connectivity index (χ3v) is 4.02. The number of nitrogens with zero attached hydrogens (tertiary/aromatic N) is 1. The van der Waals surface area contributed by atoms with Gasteiger partial charge in [-0.05, 0) is 36.7 Å². The van der Waals surface area contributed by atoms with Gasteiger partial charge in [-0.25, -0.2) is 9.86 Å². The zero-order valence-electron chi connectivity index (χ0n) is 11.9. The number of hydroxylamine groups is 2. The standard InChI is InChI=1S/C12H17BrN2O4S/c1-12(2,3)19-11(17)14-8-7(13)6-20-9(8)10(16)15(4)18-5/h6H,1-5H3,(H,14,17). The minimum absolute atomic E-state index is 0.353. The molecular formula is C12H17BrN2O4S. The van der Waals surface area contributed by atoms with Gasteiger partial charge in [0.25, 0.3) is 5.91 Å². The van der Waals surface area contributed by atoms with E-state index in [-0.39, 0.29) is 5.91 Å². The average molecular weight is 365 g/mol. The van der Waals surface area contributed by atoms with E-state index in [4.69, 9.17) is 9.57 Å². The number of rotatable bonds is 3. The number of halogens is 1. The van der Waals surface area contributed by atoms with E-state index in [1.54, 1.807) is 26.2 Å². The molecule has 0 saturated heterocycles. The summed E-state index contributed by atoms with van der Waals surface area (Å²) in [6, 6.07) is 0. The molecule has 8 heteroatoms. The van der Waals surface area contributed by atoms with Crippen LogP contribution in [-0.2, 0) is 9.57 Å². The molecule has 0 fully saturated rings. The van der Waals surface area contributed by atoms with Gasteiger partial charge in [-0.3, -0.25) is 14.9 Å². The number of hydrogen-bond acceptors (Lipinski definition) is 5. The molecule has 1 aromatic rings. The summed E-state index contributed by atoms with van der Waals surface area (Å²) in [4.78, 5) is 29.1. The second kappa shape index (κ2) is 6.55. The predicted molar refractivity (Wildman–Crippen MR) is 81.0 cm³/mol. The Balaban J connectivity index is 2.93. The Kier molecular flexibility index (Phi) is 5.55. The van der Waals surface area contributed by atoms with Crippen molar-refractivity contribution < 1.29 is 19.2 Å². The molecule has 0 aliphatic rings. The van der Waals surface area contributed by atoms with Crippen LogP contribution < -0.4 is 5.32 Å². The molecule has 0 atom stereocenters. The van der Waals surface area contributed by atoms with Crippen molar-refractivity contribution in [1.82, 2.24) is 5.06 Å². The van der Waals surface area contributed by atoms with E-state index in [2.05, 4.69) is 21.2 Å². The molecule has 0 aromatic carbocycles. The van der Waals surface area contributed by atoms with E-state index < -0.39 is 11.7 Å². The fourth-order valence-electron chi connectivity index (χ4n) is 1.24. The van der Waals surface area contributed by atoms with Gasteiger partial charge >= 0.3 is 6.09 Å². The maximum atomic E-state index is 12.1. The lowest BCUT2D eigenvalue weighted by atomic mass is 10.2. The van der Waals surface area contributed by atoms with Crippen LogP contribution >= 0.6 is 27.3 Å². The Morgan fingerprint density at radius 2 is 2.00 bits per heavy atom. The van der Waals surface area contributed by atoms with Gasteiger partial charge in [0.1, 0.15) is 10.5 Å². The molecule has 0 unspecified atom stereocenters. The van der Waals surface area contributed by atoms with Crippen molar-refractivity contribution in [2.75, 3.05) is 19.5 Å². The fraction of sp³-hybridized carbons (Fsp3) is 0.500. The number of carbonyl (C=O) groups is 2. The first-order chi connectivity index (χ1) is 9.15. The van der Waals surface area contributed by atoms with Gasteiger partial charge in [-0.1, -0.05) is 0 Å². The van der Waals surface area contributed by atoms with Gasteiger partial charge < -0.3 is 4.74 Å². The number of nitrogens with one attached hydrogen (secondary N) is 1. The van der Waals surface area contributed by atoms with Crippen LogP contribution in [0.3, 0.4) is 0 Å². The second-order valence-corrected chi connectivity index (χ2v) is 6.63. The maximum absolute atomic E-state index is 12.1. The fourth-order valence-corrected chi connectivity index (χ4v) is 2.80. The summed E-state index contributed by atoms with van der Waals surface area (Å²) in [6.07, 6.45) is -0.620. The van der Waals surface area contributed by atoms with Crippen molar-refractivity contribution >= 4 is 45.0 Å². The molecule has 0 aliphatic heterocycles. The van der Waals surface area contributed by atoms with Crippen LogP contribution in [0.4, 0.5) is 10.5 Å². The van der Waals surface area contributed by atoms with E-state index in [9.17, 15) is 9.59 Å². The third kappa shape index (κ3) is 4.46. The lowest BCUT2D eigenvalue weighted by molar-refractivity contribution is -0.0753. The first kappa shape index (κ1) is 16.9. The molecule has 0 spiro atoms. The van der Waals surface area contributed by atoms with Crippen LogP contribution in [0.1, 0.15) is 30.4 Å². The van der Waals surface area contributed by atoms with Crippen LogP contribution in [0, 0.1) is 0 Å². The molecule has 6 nitrogen and oxygen atoms in total. The topological polar surface area (TPSA) is 67.9 Å². The van der Waals surface area contributed by atoms with E-state index in [0.29, 0.717) is 15.0 Å². The molecule has 112 valence electrons. The summed E-state index contributed by atoms with van der Waals surface area (Å²) in [7, 11) is 2.88. The second-order valence-electron chi connectivity index (χ2n) is 4.90. The van der Waals surface area contributed by atoms with Crippen LogP contribution in [0.5, 0.6) is 0 Å². The van der Waals surface area contributed by atoms with Gasteiger partial charge in [-0.2, -0.15) is 0 Å². The lowest BCUT2D eigenvalue weighted by Gasteiger charge is -2.20. The maximum Gasteiger partial charge on any atom is 0.412 e. The van der Waals surface area contributed by atoms with Crippen molar-refractivity contribution in [3.63, 3.8) is 0 Å². The van der Waals surface area contributed by atoms with Gasteiger partial charge in [0.05, 0.1) is 17.3 Å². The van der Waals surface area contributed by atoms with Gasteiger partial charge in [0.15, 0.2) is 0 Å². The van der Waals surface area contributed by atoms with Crippen LogP contribution in [-0.4, -0.2) is 36.8 Å². The normalized spacial score (nSPS) is 11.1. The summed E-state index contributed by atoms with van der Waals surface area (Å²) in [5, 5.41) is 5.37. The van der Waals surface area contributed by atoms with Crippen LogP contribution in [0.2, 0.25) is 0 Å². The molecule has 20 heavy (non-hydrogen) atoms. The molecule has 0 bridgehead atoms. The molecule has 2 amide bonds. The number of ether oxygens (including phenoxy) is 1. The monoisotopic (exact) mass is 364 g/mol. The highest BCUT2D eigenvalue weighted by Gasteiger charge is 2.24. The molecular weight excluding hydrogens is 348 g/mol. The van der Waals surface area contributed by atoms with Crippen molar-refractivity contribution in [3.05, 3.63) is 14.7 Å². The molecule has 0 saturated carbocycles. The molecule has 1 N–H and O–H groups in total. The zero-order valence-corrected chi connectivity index (χ0v) is 14.3. The Labute approximate surface area is 130 Å². The van der Waals surface area contributed by atoms with E-state index in [1.165, 1.54) is 25.5 Å². The number of hydrogen-bond donors (Lipinski definition) is 1. The van der Waals surface area contributed by atoms with Gasteiger partial charge in [0.2, 0.25) is 0 Å². The average Bonchev–Trinajstić information content (AvgIpc) is 2.67. The lowest BCUT2D eigenvalue weighted by Crippen LogP contribution is -2.29. The first-order valence-corrected chi connectivity index (χ1v) is 7.42. The highest BCUT2D eigenvalue weighted by molar-refractivity contribution is 9.10. The Bertz CT molecular complexity index is 510. The largest absolute Gasteiger partial charge is 0.444 e. The third-order valence-electron chi connectivity index (χ3n) is 2.13. The minimum Gasteiger partial charge on any atom is -0.444 e. The summed E-state index contributed by atoms with van der Waals surface area (Å²) < 4.78 is 5.78. The number of carbonyl (C=O) groups excluding carboxylic acids is 2. The van der Waals surface area contributed by atoms with Gasteiger partial charge in [0, 0.05) is 12.4 Å². The number of thiophene rings is 1. The van der Waals surface area contributed by atoms with Crippen molar-refractivity contribution in [3.8, 4) is 0 Å². The molecule has 1 aromatic heterocycles. The van der Waals surface area contributed by atoms with E-state index in [1.807, 2.05) is 0 Å². The molecule has 0 aliphatic carbocycles. The molecule has 0 radical (unpaired) electrons. The Hall–Kier alpha value is -1.12. The summed E-state index contributed by atoms with van der Waals surface area (Å²) >= 11 is 4.49. The zero-order chi connectivity index (χ0) is 15.5. The predicted octanol–water partition coefficient (Wildman–Crippen LogP) is 3.49. The molecule has 1 rings (SSSR count). The summed E-state index contributed by atoms with van der Waals surface area (Å²) in [5.41, 5.74) is -0.238. The number of anilines is 1. The first-order valence-electron chi connectivity index (χ1n) is 5.75. The van der Waals surface area contributed by atoms with Crippen molar-refractivity contribution in [2.24, 2.45) is 0 Å². The SMILES string of the molecule is CON(C)C(=O)c1scc(Br)c1NC(=O)OC(C)(C)C. The van der Waals surface area contributed by atoms with Crippen LogP contribution in [0.15, 0.2) is 9.85 Å². The van der Waals surface area contributed by atoms with E-state index >= 15 is 0 Å². The summed E-state index contributed by atoms with van der Waals surface area (Å²) in [5.74, 6) is -0.353. The minimum atomic E-state index is -0.620. The number of amides is 2. The highest BCUT2D eigenvalue weighted by Crippen LogP contribution is 2.34. The van der Waals surface area contributed by atoms with Crippen molar-refractivity contribution in [1.29, 1.82) is 0 Å². The highest BCUT2D eigenvalue weighted by atomic mass is 79.9. The quantitative estimate of drug-likeness (QED) is 0.833. The van der Waals surface area contributed by atoms with Gasteiger partial charge in [-0.15, -0.1) is 11.3 Å². The Morgan fingerprint density at radius 3 is 2.50 bits per heavy atom. The smallest absolute Gasteiger partial charge is 0.412 e. The molecule has 1 heterocycles.